The fraction of sp³-hybridized carbons (Fsp3) is 0.391. The monoisotopic (exact) mass is 392 g/mol. The van der Waals surface area contributed by atoms with Gasteiger partial charge in [-0.3, -0.25) is 14.5 Å². The van der Waals surface area contributed by atoms with E-state index in [0.29, 0.717) is 18.8 Å². The number of amides is 2. The minimum Gasteiger partial charge on any atom is -0.372 e. The van der Waals surface area contributed by atoms with Crippen LogP contribution >= 0.6 is 0 Å². The van der Waals surface area contributed by atoms with Gasteiger partial charge in [0.2, 0.25) is 0 Å². The first-order chi connectivity index (χ1) is 14.2. The molecule has 0 atom stereocenters. The molecule has 6 heteroatoms. The number of piperazine rings is 1. The van der Waals surface area contributed by atoms with Gasteiger partial charge in [-0.25, -0.2) is 0 Å². The summed E-state index contributed by atoms with van der Waals surface area (Å²) in [7, 11) is 0. The van der Waals surface area contributed by atoms with Crippen LogP contribution in [0.15, 0.2) is 54.6 Å². The van der Waals surface area contributed by atoms with E-state index in [-0.39, 0.29) is 0 Å². The number of carbonyl (C=O) groups is 2. The second kappa shape index (κ2) is 9.09. The summed E-state index contributed by atoms with van der Waals surface area (Å²) in [5.41, 5.74) is 3.10. The Balaban J connectivity index is 1.25. The van der Waals surface area contributed by atoms with Gasteiger partial charge in [0.1, 0.15) is 0 Å². The van der Waals surface area contributed by atoms with Crippen molar-refractivity contribution in [2.45, 2.75) is 19.4 Å². The van der Waals surface area contributed by atoms with Crippen LogP contribution in [-0.2, 0) is 16.1 Å². The summed E-state index contributed by atoms with van der Waals surface area (Å²) in [5, 5.41) is 2.75. The van der Waals surface area contributed by atoms with Crippen molar-refractivity contribution in [1.29, 1.82) is 0 Å². The summed E-state index contributed by atoms with van der Waals surface area (Å²) >= 11 is 0. The van der Waals surface area contributed by atoms with E-state index in [1.807, 2.05) is 42.5 Å². The van der Waals surface area contributed by atoms with E-state index in [0.717, 1.165) is 32.7 Å². The third kappa shape index (κ3) is 4.95. The smallest absolute Gasteiger partial charge is 0.313 e. The van der Waals surface area contributed by atoms with Crippen LogP contribution in [0.4, 0.5) is 11.4 Å². The molecule has 29 heavy (non-hydrogen) atoms. The maximum Gasteiger partial charge on any atom is 0.313 e. The molecule has 1 N–H and O–H groups in total. The molecule has 0 bridgehead atoms. The van der Waals surface area contributed by atoms with Crippen LogP contribution < -0.4 is 10.2 Å². The molecule has 2 amide bonds. The molecule has 2 aromatic rings. The highest BCUT2D eigenvalue weighted by Crippen LogP contribution is 2.22. The molecule has 2 aliphatic rings. The first-order valence-corrected chi connectivity index (χ1v) is 10.4. The first-order valence-electron chi connectivity index (χ1n) is 10.4. The zero-order chi connectivity index (χ0) is 20.1. The maximum absolute atomic E-state index is 12.5. The summed E-state index contributed by atoms with van der Waals surface area (Å²) in [6.07, 6.45) is 2.46. The van der Waals surface area contributed by atoms with Crippen LogP contribution in [0.5, 0.6) is 0 Å². The number of rotatable bonds is 4. The van der Waals surface area contributed by atoms with Gasteiger partial charge >= 0.3 is 11.8 Å². The predicted octanol–water partition coefficient (Wildman–Crippen LogP) is 2.57. The van der Waals surface area contributed by atoms with Gasteiger partial charge in [-0.05, 0) is 42.7 Å². The summed E-state index contributed by atoms with van der Waals surface area (Å²) in [4.78, 5) is 31.2. The predicted molar refractivity (Wildman–Crippen MR) is 115 cm³/mol. The Morgan fingerprint density at radius 3 is 2.10 bits per heavy atom. The van der Waals surface area contributed by atoms with E-state index in [4.69, 9.17) is 0 Å². The van der Waals surface area contributed by atoms with Gasteiger partial charge in [-0.1, -0.05) is 30.3 Å². The molecule has 0 radical (unpaired) electrons. The zero-order valence-corrected chi connectivity index (χ0v) is 16.7. The lowest BCUT2D eigenvalue weighted by Gasteiger charge is -2.34. The first kappa shape index (κ1) is 19.5. The van der Waals surface area contributed by atoms with E-state index in [1.54, 1.807) is 4.90 Å². The third-order valence-electron chi connectivity index (χ3n) is 5.70. The molecular weight excluding hydrogens is 364 g/mol. The van der Waals surface area contributed by atoms with Gasteiger partial charge < -0.3 is 15.1 Å². The molecule has 4 rings (SSSR count). The number of hydrogen-bond acceptors (Lipinski definition) is 4. The normalized spacial score (nSPS) is 17.4. The lowest BCUT2D eigenvalue weighted by Crippen LogP contribution is -2.51. The van der Waals surface area contributed by atoms with Crippen LogP contribution in [0.1, 0.15) is 18.4 Å². The number of anilines is 2. The maximum atomic E-state index is 12.5. The van der Waals surface area contributed by atoms with Gasteiger partial charge in [0.05, 0.1) is 0 Å². The van der Waals surface area contributed by atoms with Gasteiger partial charge in [-0.2, -0.15) is 0 Å². The van der Waals surface area contributed by atoms with Gasteiger partial charge in [0, 0.05) is 57.2 Å². The Hall–Kier alpha value is -2.86. The van der Waals surface area contributed by atoms with Crippen molar-refractivity contribution < 1.29 is 9.59 Å². The minimum atomic E-state index is -0.560. The summed E-state index contributed by atoms with van der Waals surface area (Å²) in [6.45, 7) is 5.75. The van der Waals surface area contributed by atoms with Gasteiger partial charge in [0.15, 0.2) is 0 Å². The Bertz CT molecular complexity index is 824. The van der Waals surface area contributed by atoms with Gasteiger partial charge in [0.25, 0.3) is 0 Å². The van der Waals surface area contributed by atoms with Crippen molar-refractivity contribution in [2.24, 2.45) is 0 Å². The molecule has 6 nitrogen and oxygen atoms in total. The molecule has 0 aliphatic carbocycles. The van der Waals surface area contributed by atoms with Crippen molar-refractivity contribution in [1.82, 2.24) is 9.80 Å². The summed E-state index contributed by atoms with van der Waals surface area (Å²) in [5.74, 6) is -1.01. The summed E-state index contributed by atoms with van der Waals surface area (Å²) in [6, 6.07) is 18.1. The van der Waals surface area contributed by atoms with Crippen LogP contribution in [0.2, 0.25) is 0 Å². The van der Waals surface area contributed by atoms with Crippen molar-refractivity contribution in [3.63, 3.8) is 0 Å². The van der Waals surface area contributed by atoms with E-state index in [1.165, 1.54) is 24.1 Å². The quantitative estimate of drug-likeness (QED) is 0.813. The standard InChI is InChI=1S/C23H28N4O2/c28-22(24-20-8-10-21(11-9-20)26-12-4-5-13-26)23(29)27-16-14-25(15-17-27)18-19-6-2-1-3-7-19/h1-3,6-11H,4-5,12-18H2,(H,24,28). The highest BCUT2D eigenvalue weighted by Gasteiger charge is 2.26. The van der Waals surface area contributed by atoms with Crippen LogP contribution in [0, 0.1) is 0 Å². The second-order valence-electron chi connectivity index (χ2n) is 7.75. The number of benzene rings is 2. The molecule has 2 aromatic carbocycles. The minimum absolute atomic E-state index is 0.451. The Labute approximate surface area is 172 Å². The largest absolute Gasteiger partial charge is 0.372 e. The van der Waals surface area contributed by atoms with E-state index >= 15 is 0 Å². The molecule has 152 valence electrons. The van der Waals surface area contributed by atoms with Crippen LogP contribution in [0.25, 0.3) is 0 Å². The second-order valence-corrected chi connectivity index (χ2v) is 7.75. The Morgan fingerprint density at radius 2 is 1.45 bits per heavy atom. The highest BCUT2D eigenvalue weighted by molar-refractivity contribution is 6.39. The molecule has 0 saturated carbocycles. The van der Waals surface area contributed by atoms with Crippen molar-refractivity contribution in [3.05, 3.63) is 60.2 Å². The van der Waals surface area contributed by atoms with Crippen molar-refractivity contribution in [2.75, 3.05) is 49.5 Å². The van der Waals surface area contributed by atoms with Crippen LogP contribution in [-0.4, -0.2) is 60.9 Å². The Morgan fingerprint density at radius 1 is 0.793 bits per heavy atom. The topological polar surface area (TPSA) is 55.9 Å². The molecule has 2 saturated heterocycles. The Kier molecular flexibility index (Phi) is 6.10. The number of hydrogen-bond donors (Lipinski definition) is 1. The number of nitrogens with zero attached hydrogens (tertiary/aromatic N) is 3. The third-order valence-corrected chi connectivity index (χ3v) is 5.70. The average molecular weight is 393 g/mol. The van der Waals surface area contributed by atoms with E-state index in [9.17, 15) is 9.59 Å². The number of nitrogens with one attached hydrogen (secondary N) is 1. The molecule has 0 spiro atoms. The fourth-order valence-electron chi connectivity index (χ4n) is 4.01. The van der Waals surface area contributed by atoms with E-state index < -0.39 is 11.8 Å². The van der Waals surface area contributed by atoms with Crippen molar-refractivity contribution >= 4 is 23.2 Å². The molecule has 2 aliphatic heterocycles. The highest BCUT2D eigenvalue weighted by atomic mass is 16.2. The average Bonchev–Trinajstić information content (AvgIpc) is 3.30. The molecule has 0 unspecified atom stereocenters. The molecular formula is C23H28N4O2. The fourth-order valence-corrected chi connectivity index (χ4v) is 4.01. The van der Waals surface area contributed by atoms with Gasteiger partial charge in [-0.15, -0.1) is 0 Å². The SMILES string of the molecule is O=C(Nc1ccc(N2CCCC2)cc1)C(=O)N1CCN(Cc2ccccc2)CC1. The number of carbonyl (C=O) groups excluding carboxylic acids is 2. The molecule has 0 aromatic heterocycles. The molecule has 2 fully saturated rings. The lowest BCUT2D eigenvalue weighted by molar-refractivity contribution is -0.144. The molecule has 2 heterocycles. The van der Waals surface area contributed by atoms with E-state index in [2.05, 4.69) is 27.2 Å². The summed E-state index contributed by atoms with van der Waals surface area (Å²) < 4.78 is 0. The lowest BCUT2D eigenvalue weighted by atomic mass is 10.2. The van der Waals surface area contributed by atoms with Crippen molar-refractivity contribution in [3.8, 4) is 0 Å². The van der Waals surface area contributed by atoms with Crippen LogP contribution in [0.3, 0.4) is 0 Å². The zero-order valence-electron chi connectivity index (χ0n) is 16.7.